The van der Waals surface area contributed by atoms with Crippen LogP contribution in [0.5, 0.6) is 0 Å². The Bertz CT molecular complexity index is 429. The third kappa shape index (κ3) is 3.57. The van der Waals surface area contributed by atoms with E-state index in [9.17, 15) is 4.79 Å². The SMILES string of the molecule is CCCNC(C)(CC(N)=O)c1ccc(C)cc1C. The highest BCUT2D eigenvalue weighted by atomic mass is 16.1. The second-order valence-electron chi connectivity index (χ2n) is 5.22. The van der Waals surface area contributed by atoms with E-state index in [-0.39, 0.29) is 11.4 Å². The van der Waals surface area contributed by atoms with Gasteiger partial charge in [-0.05, 0) is 44.9 Å². The van der Waals surface area contributed by atoms with Crippen molar-refractivity contribution in [3.8, 4) is 0 Å². The molecule has 1 aromatic carbocycles. The molecule has 18 heavy (non-hydrogen) atoms. The number of amides is 1. The fourth-order valence-corrected chi connectivity index (χ4v) is 2.43. The predicted molar refractivity (Wildman–Crippen MR) is 75.4 cm³/mol. The first kappa shape index (κ1) is 14.7. The molecule has 100 valence electrons. The van der Waals surface area contributed by atoms with E-state index in [0.717, 1.165) is 18.5 Å². The summed E-state index contributed by atoms with van der Waals surface area (Å²) < 4.78 is 0. The van der Waals surface area contributed by atoms with Gasteiger partial charge in [0.1, 0.15) is 0 Å². The molecule has 1 atom stereocenters. The minimum absolute atomic E-state index is 0.277. The van der Waals surface area contributed by atoms with E-state index in [4.69, 9.17) is 5.73 Å². The lowest BCUT2D eigenvalue weighted by molar-refractivity contribution is -0.119. The predicted octanol–water partition coefficient (Wildman–Crippen LogP) is 2.39. The van der Waals surface area contributed by atoms with E-state index in [2.05, 4.69) is 44.3 Å². The summed E-state index contributed by atoms with van der Waals surface area (Å²) in [6, 6.07) is 6.31. The molecule has 1 amide bonds. The van der Waals surface area contributed by atoms with Gasteiger partial charge in [0.2, 0.25) is 5.91 Å². The van der Waals surface area contributed by atoms with Crippen molar-refractivity contribution in [2.24, 2.45) is 5.73 Å². The molecule has 0 saturated carbocycles. The van der Waals surface area contributed by atoms with Gasteiger partial charge in [-0.2, -0.15) is 0 Å². The number of nitrogens with two attached hydrogens (primary N) is 1. The number of primary amides is 1. The van der Waals surface area contributed by atoms with Crippen LogP contribution in [0.3, 0.4) is 0 Å². The van der Waals surface area contributed by atoms with Crippen LogP contribution in [0.4, 0.5) is 0 Å². The standard InChI is InChI=1S/C15H24N2O/c1-5-8-17-15(4,10-14(16)18)13-7-6-11(2)9-12(13)3/h6-7,9,17H,5,8,10H2,1-4H3,(H2,16,18). The molecule has 0 aromatic heterocycles. The lowest BCUT2D eigenvalue weighted by atomic mass is 9.84. The third-order valence-electron chi connectivity index (χ3n) is 3.27. The highest BCUT2D eigenvalue weighted by molar-refractivity contribution is 5.75. The lowest BCUT2D eigenvalue weighted by Gasteiger charge is -2.32. The Hall–Kier alpha value is -1.35. The fourth-order valence-electron chi connectivity index (χ4n) is 2.43. The molecule has 0 spiro atoms. The van der Waals surface area contributed by atoms with E-state index < -0.39 is 0 Å². The Labute approximate surface area is 110 Å². The smallest absolute Gasteiger partial charge is 0.219 e. The summed E-state index contributed by atoms with van der Waals surface area (Å²) in [5, 5.41) is 3.45. The van der Waals surface area contributed by atoms with E-state index in [1.165, 1.54) is 11.1 Å². The van der Waals surface area contributed by atoms with E-state index in [0.29, 0.717) is 6.42 Å². The lowest BCUT2D eigenvalue weighted by Crippen LogP contribution is -2.43. The zero-order valence-corrected chi connectivity index (χ0v) is 11.8. The average molecular weight is 248 g/mol. The van der Waals surface area contributed by atoms with Crippen LogP contribution in [-0.4, -0.2) is 12.5 Å². The van der Waals surface area contributed by atoms with Crippen LogP contribution in [-0.2, 0) is 10.3 Å². The normalized spacial score (nSPS) is 14.2. The maximum atomic E-state index is 11.3. The molecule has 1 rings (SSSR count). The molecule has 0 heterocycles. The molecule has 3 nitrogen and oxygen atoms in total. The Kier molecular flexibility index (Phi) is 4.91. The van der Waals surface area contributed by atoms with Crippen molar-refractivity contribution in [2.75, 3.05) is 6.54 Å². The molecule has 0 saturated heterocycles. The zero-order valence-electron chi connectivity index (χ0n) is 11.8. The van der Waals surface area contributed by atoms with Crippen molar-refractivity contribution in [3.05, 3.63) is 34.9 Å². The number of hydrogen-bond donors (Lipinski definition) is 2. The molecule has 0 fully saturated rings. The van der Waals surface area contributed by atoms with E-state index in [1.807, 2.05) is 6.92 Å². The highest BCUT2D eigenvalue weighted by Crippen LogP contribution is 2.28. The minimum atomic E-state index is -0.375. The molecule has 3 heteroatoms. The van der Waals surface area contributed by atoms with Gasteiger partial charge < -0.3 is 11.1 Å². The van der Waals surface area contributed by atoms with E-state index >= 15 is 0 Å². The average Bonchev–Trinajstić information content (AvgIpc) is 2.25. The molecule has 1 unspecified atom stereocenters. The molecule has 0 aliphatic heterocycles. The summed E-state index contributed by atoms with van der Waals surface area (Å²) >= 11 is 0. The van der Waals surface area contributed by atoms with Gasteiger partial charge in [0.05, 0.1) is 0 Å². The highest BCUT2D eigenvalue weighted by Gasteiger charge is 2.29. The van der Waals surface area contributed by atoms with Gasteiger partial charge >= 0.3 is 0 Å². The van der Waals surface area contributed by atoms with Crippen molar-refractivity contribution < 1.29 is 4.79 Å². The molecule has 0 aliphatic carbocycles. The number of carbonyl (C=O) groups excluding carboxylic acids is 1. The maximum absolute atomic E-state index is 11.3. The van der Waals surface area contributed by atoms with Crippen molar-refractivity contribution in [3.63, 3.8) is 0 Å². The zero-order chi connectivity index (χ0) is 13.8. The van der Waals surface area contributed by atoms with Gasteiger partial charge in [0.25, 0.3) is 0 Å². The van der Waals surface area contributed by atoms with Crippen LogP contribution in [0.1, 0.15) is 43.4 Å². The number of benzene rings is 1. The van der Waals surface area contributed by atoms with Crippen LogP contribution in [0.15, 0.2) is 18.2 Å². The molecule has 3 N–H and O–H groups in total. The van der Waals surface area contributed by atoms with Gasteiger partial charge in [-0.25, -0.2) is 0 Å². The van der Waals surface area contributed by atoms with Crippen molar-refractivity contribution in [2.45, 2.75) is 46.1 Å². The topological polar surface area (TPSA) is 55.1 Å². The maximum Gasteiger partial charge on any atom is 0.219 e. The first-order valence-corrected chi connectivity index (χ1v) is 6.50. The molecule has 1 aromatic rings. The van der Waals surface area contributed by atoms with Gasteiger partial charge in [-0.15, -0.1) is 0 Å². The summed E-state index contributed by atoms with van der Waals surface area (Å²) in [4.78, 5) is 11.3. The minimum Gasteiger partial charge on any atom is -0.370 e. The number of nitrogens with one attached hydrogen (secondary N) is 1. The van der Waals surface area contributed by atoms with Crippen LogP contribution in [0.25, 0.3) is 0 Å². The second-order valence-corrected chi connectivity index (χ2v) is 5.22. The molecule has 0 bridgehead atoms. The Morgan fingerprint density at radius 3 is 2.56 bits per heavy atom. The van der Waals surface area contributed by atoms with Crippen LogP contribution < -0.4 is 11.1 Å². The summed E-state index contributed by atoms with van der Waals surface area (Å²) in [5.41, 5.74) is 8.59. The number of carbonyl (C=O) groups is 1. The van der Waals surface area contributed by atoms with Gasteiger partial charge in [0.15, 0.2) is 0 Å². The molecular weight excluding hydrogens is 224 g/mol. The molecular formula is C15H24N2O. The Morgan fingerprint density at radius 2 is 2.06 bits per heavy atom. The number of hydrogen-bond acceptors (Lipinski definition) is 2. The van der Waals surface area contributed by atoms with Crippen LogP contribution >= 0.6 is 0 Å². The fraction of sp³-hybridized carbons (Fsp3) is 0.533. The summed E-state index contributed by atoms with van der Waals surface area (Å²) in [6.07, 6.45) is 1.34. The third-order valence-corrected chi connectivity index (χ3v) is 3.27. The largest absolute Gasteiger partial charge is 0.370 e. The van der Waals surface area contributed by atoms with Crippen molar-refractivity contribution >= 4 is 5.91 Å². The first-order valence-electron chi connectivity index (χ1n) is 6.50. The summed E-state index contributed by atoms with van der Waals surface area (Å²) in [6.45, 7) is 9.18. The monoisotopic (exact) mass is 248 g/mol. The number of rotatable bonds is 6. The van der Waals surface area contributed by atoms with Gasteiger partial charge in [-0.1, -0.05) is 30.7 Å². The van der Waals surface area contributed by atoms with Crippen molar-refractivity contribution in [1.29, 1.82) is 0 Å². The second kappa shape index (κ2) is 6.01. The van der Waals surface area contributed by atoms with Crippen LogP contribution in [0, 0.1) is 13.8 Å². The quantitative estimate of drug-likeness (QED) is 0.812. The molecule has 0 radical (unpaired) electrons. The Morgan fingerprint density at radius 1 is 1.39 bits per heavy atom. The van der Waals surface area contributed by atoms with Gasteiger partial charge in [0, 0.05) is 12.0 Å². The Balaban J connectivity index is 3.11. The number of aryl methyl sites for hydroxylation is 2. The summed E-state index contributed by atoms with van der Waals surface area (Å²) in [7, 11) is 0. The van der Waals surface area contributed by atoms with Crippen LogP contribution in [0.2, 0.25) is 0 Å². The first-order chi connectivity index (χ1) is 8.39. The van der Waals surface area contributed by atoms with E-state index in [1.54, 1.807) is 0 Å². The summed E-state index contributed by atoms with van der Waals surface area (Å²) in [5.74, 6) is -0.277. The van der Waals surface area contributed by atoms with Crippen molar-refractivity contribution in [1.82, 2.24) is 5.32 Å². The van der Waals surface area contributed by atoms with Gasteiger partial charge in [-0.3, -0.25) is 4.79 Å². The molecule has 0 aliphatic rings.